The van der Waals surface area contributed by atoms with Crippen molar-refractivity contribution < 1.29 is 13.7 Å². The van der Waals surface area contributed by atoms with Crippen molar-refractivity contribution in [2.75, 3.05) is 5.32 Å². The van der Waals surface area contributed by atoms with Gasteiger partial charge < -0.3 is 14.3 Å². The van der Waals surface area contributed by atoms with Crippen LogP contribution in [0.25, 0.3) is 22.6 Å². The topological polar surface area (TPSA) is 103 Å². The van der Waals surface area contributed by atoms with Gasteiger partial charge in [-0.05, 0) is 44.0 Å². The zero-order valence-electron chi connectivity index (χ0n) is 18.4. The van der Waals surface area contributed by atoms with E-state index in [-0.39, 0.29) is 18.4 Å². The van der Waals surface area contributed by atoms with Crippen LogP contribution in [0.4, 0.5) is 5.69 Å². The molecule has 164 valence electrons. The van der Waals surface area contributed by atoms with Gasteiger partial charge in [-0.25, -0.2) is 4.68 Å². The van der Waals surface area contributed by atoms with Gasteiger partial charge in [-0.15, -0.1) is 0 Å². The van der Waals surface area contributed by atoms with Crippen LogP contribution in [0.3, 0.4) is 0 Å². The minimum atomic E-state index is -0.399. The number of nitrogens with zero attached hydrogens (tertiary/aromatic N) is 3. The Morgan fingerprint density at radius 3 is 2.50 bits per heavy atom. The molecule has 32 heavy (non-hydrogen) atoms. The van der Waals surface area contributed by atoms with Gasteiger partial charge in [0.1, 0.15) is 18.1 Å². The number of anilines is 1. The van der Waals surface area contributed by atoms with Crippen LogP contribution in [-0.2, 0) is 11.3 Å². The Hall–Kier alpha value is -3.94. The number of aromatic nitrogens is 3. The molecule has 0 aliphatic rings. The summed E-state index contributed by atoms with van der Waals surface area (Å²) in [7, 11) is 0. The van der Waals surface area contributed by atoms with E-state index in [1.807, 2.05) is 58.0 Å². The first kappa shape index (κ1) is 21.3. The van der Waals surface area contributed by atoms with Crippen molar-refractivity contribution in [1.82, 2.24) is 14.9 Å². The molecule has 8 heteroatoms. The molecule has 0 atom stereocenters. The van der Waals surface area contributed by atoms with Crippen LogP contribution in [0, 0.1) is 13.8 Å². The average molecular weight is 432 g/mol. The fourth-order valence-corrected chi connectivity index (χ4v) is 3.44. The van der Waals surface area contributed by atoms with E-state index in [4.69, 9.17) is 8.94 Å². The molecule has 4 aromatic rings. The molecule has 0 saturated carbocycles. The summed E-state index contributed by atoms with van der Waals surface area (Å²) in [6.45, 7) is 7.37. The third-order valence-corrected chi connectivity index (χ3v) is 4.97. The van der Waals surface area contributed by atoms with Gasteiger partial charge in [-0.2, -0.15) is 5.10 Å². The summed E-state index contributed by atoms with van der Waals surface area (Å²) in [5.74, 6) is 1.55. The first-order valence-corrected chi connectivity index (χ1v) is 10.3. The third kappa shape index (κ3) is 4.39. The van der Waals surface area contributed by atoms with E-state index >= 15 is 0 Å². The highest BCUT2D eigenvalue weighted by Crippen LogP contribution is 2.29. The van der Waals surface area contributed by atoms with Crippen LogP contribution >= 0.6 is 0 Å². The van der Waals surface area contributed by atoms with Crippen LogP contribution < -0.4 is 10.9 Å². The monoisotopic (exact) mass is 432 g/mol. The van der Waals surface area contributed by atoms with E-state index in [9.17, 15) is 9.59 Å². The number of carbonyl (C=O) groups excluding carboxylic acids is 1. The maximum atomic E-state index is 12.8. The van der Waals surface area contributed by atoms with Gasteiger partial charge in [0.25, 0.3) is 5.56 Å². The summed E-state index contributed by atoms with van der Waals surface area (Å²) in [4.78, 5) is 25.5. The number of benzene rings is 1. The highest BCUT2D eigenvalue weighted by molar-refractivity contribution is 5.94. The standard InChI is InChI=1S/C24H24N4O4/c1-14(2)24-18(21-11-15(3)27-32-21)12-23(30)28(26-24)13-22(29)25-19-8-6-5-7-17(19)20-10-9-16(4)31-20/h5-12,14H,13H2,1-4H3,(H,25,29). The second-order valence-corrected chi connectivity index (χ2v) is 7.93. The zero-order chi connectivity index (χ0) is 22.8. The Morgan fingerprint density at radius 2 is 1.84 bits per heavy atom. The SMILES string of the molecule is Cc1cc(-c2cc(=O)n(CC(=O)Nc3ccccc3-c3ccc(C)o3)nc2C(C)C)on1. The predicted molar refractivity (Wildman–Crippen MR) is 120 cm³/mol. The molecule has 0 bridgehead atoms. The van der Waals surface area contributed by atoms with E-state index in [0.717, 1.165) is 16.0 Å². The third-order valence-electron chi connectivity index (χ3n) is 4.97. The average Bonchev–Trinajstić information content (AvgIpc) is 3.37. The summed E-state index contributed by atoms with van der Waals surface area (Å²) in [6.07, 6.45) is 0. The van der Waals surface area contributed by atoms with E-state index in [2.05, 4.69) is 15.6 Å². The quantitative estimate of drug-likeness (QED) is 0.480. The molecule has 3 aromatic heterocycles. The number of furan rings is 1. The van der Waals surface area contributed by atoms with Crippen molar-refractivity contribution in [1.29, 1.82) is 0 Å². The fraction of sp³-hybridized carbons (Fsp3) is 0.250. The molecule has 0 unspecified atom stereocenters. The number of carbonyl (C=O) groups is 1. The molecule has 1 aromatic carbocycles. The molecule has 1 amide bonds. The van der Waals surface area contributed by atoms with Gasteiger partial charge in [-0.3, -0.25) is 9.59 Å². The van der Waals surface area contributed by atoms with Crippen LogP contribution in [0.5, 0.6) is 0 Å². The lowest BCUT2D eigenvalue weighted by Crippen LogP contribution is -2.30. The number of hydrogen-bond donors (Lipinski definition) is 1. The highest BCUT2D eigenvalue weighted by atomic mass is 16.5. The Labute approximate surface area is 184 Å². The predicted octanol–water partition coefficient (Wildman–Crippen LogP) is 4.54. The maximum Gasteiger partial charge on any atom is 0.267 e. The molecule has 3 heterocycles. The lowest BCUT2D eigenvalue weighted by molar-refractivity contribution is -0.117. The van der Waals surface area contributed by atoms with Crippen molar-refractivity contribution in [3.05, 3.63) is 76.0 Å². The summed E-state index contributed by atoms with van der Waals surface area (Å²) < 4.78 is 12.2. The molecule has 0 spiro atoms. The lowest BCUT2D eigenvalue weighted by atomic mass is 10.0. The molecule has 0 aliphatic heterocycles. The van der Waals surface area contributed by atoms with Crippen molar-refractivity contribution in [2.45, 2.75) is 40.2 Å². The molecule has 0 fully saturated rings. The highest BCUT2D eigenvalue weighted by Gasteiger charge is 2.19. The van der Waals surface area contributed by atoms with Gasteiger partial charge in [0.15, 0.2) is 5.76 Å². The van der Waals surface area contributed by atoms with E-state index in [1.165, 1.54) is 6.07 Å². The second kappa shape index (κ2) is 8.66. The van der Waals surface area contributed by atoms with Crippen LogP contribution in [0.2, 0.25) is 0 Å². The van der Waals surface area contributed by atoms with Gasteiger partial charge in [-0.1, -0.05) is 31.1 Å². The van der Waals surface area contributed by atoms with Gasteiger partial charge >= 0.3 is 0 Å². The van der Waals surface area contributed by atoms with E-state index in [1.54, 1.807) is 12.1 Å². The summed E-state index contributed by atoms with van der Waals surface area (Å²) in [5, 5.41) is 11.2. The number of aryl methyl sites for hydroxylation is 2. The van der Waals surface area contributed by atoms with E-state index < -0.39 is 5.56 Å². The van der Waals surface area contributed by atoms with Crippen molar-refractivity contribution in [2.24, 2.45) is 0 Å². The molecule has 0 radical (unpaired) electrons. The summed E-state index contributed by atoms with van der Waals surface area (Å²) in [6, 6.07) is 14.3. The lowest BCUT2D eigenvalue weighted by Gasteiger charge is -2.14. The number of hydrogen-bond acceptors (Lipinski definition) is 6. The Kier molecular flexibility index (Phi) is 5.77. The number of amides is 1. The normalized spacial score (nSPS) is 11.2. The van der Waals surface area contributed by atoms with Crippen molar-refractivity contribution in [3.8, 4) is 22.6 Å². The molecular formula is C24H24N4O4. The Balaban J connectivity index is 1.61. The minimum absolute atomic E-state index is 0.00763. The van der Waals surface area contributed by atoms with Crippen molar-refractivity contribution >= 4 is 11.6 Å². The zero-order valence-corrected chi connectivity index (χ0v) is 18.4. The van der Waals surface area contributed by atoms with Gasteiger partial charge in [0.2, 0.25) is 5.91 Å². The van der Waals surface area contributed by atoms with Crippen molar-refractivity contribution in [3.63, 3.8) is 0 Å². The molecule has 0 aliphatic carbocycles. The summed E-state index contributed by atoms with van der Waals surface area (Å²) in [5.41, 5.74) is 2.90. The Bertz CT molecular complexity index is 1330. The van der Waals surface area contributed by atoms with Crippen LogP contribution in [-0.4, -0.2) is 20.8 Å². The first-order valence-electron chi connectivity index (χ1n) is 10.3. The second-order valence-electron chi connectivity index (χ2n) is 7.93. The number of para-hydroxylation sites is 1. The maximum absolute atomic E-state index is 12.8. The number of rotatable bonds is 6. The van der Waals surface area contributed by atoms with Crippen LogP contribution in [0.1, 0.15) is 36.9 Å². The molecule has 4 rings (SSSR count). The minimum Gasteiger partial charge on any atom is -0.461 e. The van der Waals surface area contributed by atoms with Gasteiger partial charge in [0, 0.05) is 23.3 Å². The van der Waals surface area contributed by atoms with Gasteiger partial charge in [0.05, 0.1) is 17.1 Å². The smallest absolute Gasteiger partial charge is 0.267 e. The summed E-state index contributed by atoms with van der Waals surface area (Å²) >= 11 is 0. The molecular weight excluding hydrogens is 408 g/mol. The molecule has 8 nitrogen and oxygen atoms in total. The number of nitrogens with one attached hydrogen (secondary N) is 1. The fourth-order valence-electron chi connectivity index (χ4n) is 3.44. The van der Waals surface area contributed by atoms with Crippen LogP contribution in [0.15, 0.2) is 62.3 Å². The first-order chi connectivity index (χ1) is 15.3. The molecule has 0 saturated heterocycles. The Morgan fingerprint density at radius 1 is 1.06 bits per heavy atom. The molecule has 1 N–H and O–H groups in total. The largest absolute Gasteiger partial charge is 0.461 e. The van der Waals surface area contributed by atoms with E-state index in [0.29, 0.717) is 34.2 Å².